The number of aliphatic imine (C=N–C) groups is 1. The van der Waals surface area contributed by atoms with Gasteiger partial charge in [0, 0.05) is 19.7 Å². The number of guanidine groups is 1. The van der Waals surface area contributed by atoms with Crippen molar-refractivity contribution in [3.8, 4) is 0 Å². The van der Waals surface area contributed by atoms with E-state index in [0.717, 1.165) is 38.5 Å². The molecule has 134 valence electrons. The van der Waals surface area contributed by atoms with Crippen molar-refractivity contribution < 1.29 is 9.47 Å². The van der Waals surface area contributed by atoms with Crippen molar-refractivity contribution >= 4 is 5.96 Å². The van der Waals surface area contributed by atoms with Gasteiger partial charge in [-0.15, -0.1) is 0 Å². The van der Waals surface area contributed by atoms with Crippen molar-refractivity contribution in [3.63, 3.8) is 0 Å². The molecule has 0 radical (unpaired) electrons. The molecule has 1 saturated heterocycles. The molecule has 0 saturated carbocycles. The Morgan fingerprint density at radius 2 is 2.00 bits per heavy atom. The third-order valence-corrected chi connectivity index (χ3v) is 3.89. The first-order valence-corrected chi connectivity index (χ1v) is 9.00. The number of rotatable bonds is 8. The zero-order valence-electron chi connectivity index (χ0n) is 15.2. The van der Waals surface area contributed by atoms with Crippen molar-refractivity contribution in [2.45, 2.75) is 59.0 Å². The molecule has 5 nitrogen and oxygen atoms in total. The van der Waals surface area contributed by atoms with Gasteiger partial charge in [-0.2, -0.15) is 0 Å². The Morgan fingerprint density at radius 3 is 2.62 bits per heavy atom. The highest BCUT2D eigenvalue weighted by molar-refractivity contribution is 5.79. The van der Waals surface area contributed by atoms with E-state index < -0.39 is 0 Å². The highest BCUT2D eigenvalue weighted by Gasteiger charge is 2.15. The minimum atomic E-state index is 0.256. The Balaban J connectivity index is 1.82. The van der Waals surface area contributed by atoms with E-state index >= 15 is 0 Å². The lowest BCUT2D eigenvalue weighted by Gasteiger charge is -2.14. The third kappa shape index (κ3) is 6.89. The van der Waals surface area contributed by atoms with Crippen LogP contribution in [0.25, 0.3) is 0 Å². The summed E-state index contributed by atoms with van der Waals surface area (Å²) in [5, 5.41) is 6.66. The van der Waals surface area contributed by atoms with Gasteiger partial charge in [-0.1, -0.05) is 24.3 Å². The van der Waals surface area contributed by atoms with E-state index in [4.69, 9.17) is 9.47 Å². The van der Waals surface area contributed by atoms with Crippen molar-refractivity contribution in [3.05, 3.63) is 35.4 Å². The van der Waals surface area contributed by atoms with Gasteiger partial charge >= 0.3 is 0 Å². The fourth-order valence-electron chi connectivity index (χ4n) is 2.53. The summed E-state index contributed by atoms with van der Waals surface area (Å²) >= 11 is 0. The fraction of sp³-hybridized carbons (Fsp3) is 0.632. The maximum atomic E-state index is 5.64. The van der Waals surface area contributed by atoms with Crippen LogP contribution in [-0.4, -0.2) is 37.9 Å². The maximum absolute atomic E-state index is 5.64. The second-order valence-corrected chi connectivity index (χ2v) is 6.39. The van der Waals surface area contributed by atoms with Gasteiger partial charge in [0.1, 0.15) is 0 Å². The van der Waals surface area contributed by atoms with E-state index in [2.05, 4.69) is 60.7 Å². The van der Waals surface area contributed by atoms with Gasteiger partial charge in [-0.05, 0) is 44.7 Å². The molecule has 0 aliphatic carbocycles. The minimum Gasteiger partial charge on any atom is -0.376 e. The smallest absolute Gasteiger partial charge is 0.191 e. The summed E-state index contributed by atoms with van der Waals surface area (Å²) in [6.07, 6.45) is 2.86. The van der Waals surface area contributed by atoms with Gasteiger partial charge in [-0.3, -0.25) is 0 Å². The van der Waals surface area contributed by atoms with Gasteiger partial charge in [0.05, 0.1) is 25.4 Å². The highest BCUT2D eigenvalue weighted by Crippen LogP contribution is 2.11. The predicted molar refractivity (Wildman–Crippen MR) is 98.2 cm³/mol. The van der Waals surface area contributed by atoms with Crippen LogP contribution in [-0.2, 0) is 22.6 Å². The zero-order chi connectivity index (χ0) is 17.2. The van der Waals surface area contributed by atoms with E-state index in [1.165, 1.54) is 11.1 Å². The lowest BCUT2D eigenvalue weighted by atomic mass is 10.1. The molecule has 1 fully saturated rings. The number of hydrogen-bond acceptors (Lipinski definition) is 3. The average molecular weight is 333 g/mol. The first-order valence-electron chi connectivity index (χ1n) is 9.00. The van der Waals surface area contributed by atoms with Gasteiger partial charge in [0.25, 0.3) is 0 Å². The quantitative estimate of drug-likeness (QED) is 0.567. The summed E-state index contributed by atoms with van der Waals surface area (Å²) in [5.74, 6) is 0.847. The van der Waals surface area contributed by atoms with Crippen LogP contribution in [0, 0.1) is 0 Å². The summed E-state index contributed by atoms with van der Waals surface area (Å²) in [6.45, 7) is 10.0. The van der Waals surface area contributed by atoms with Crippen LogP contribution in [0.1, 0.15) is 44.7 Å². The summed E-state index contributed by atoms with van der Waals surface area (Å²) in [7, 11) is 0. The molecule has 2 N–H and O–H groups in total. The second-order valence-electron chi connectivity index (χ2n) is 6.39. The molecule has 0 bridgehead atoms. The number of benzene rings is 1. The fourth-order valence-corrected chi connectivity index (χ4v) is 2.53. The van der Waals surface area contributed by atoms with Crippen LogP contribution in [0.2, 0.25) is 0 Å². The van der Waals surface area contributed by atoms with E-state index in [-0.39, 0.29) is 6.10 Å². The van der Waals surface area contributed by atoms with Crippen molar-refractivity contribution in [1.29, 1.82) is 0 Å². The molecule has 1 aliphatic rings. The van der Waals surface area contributed by atoms with Crippen LogP contribution in [0.15, 0.2) is 29.3 Å². The molecule has 1 atom stereocenters. The zero-order valence-corrected chi connectivity index (χ0v) is 15.2. The minimum absolute atomic E-state index is 0.256. The van der Waals surface area contributed by atoms with Gasteiger partial charge < -0.3 is 20.1 Å². The van der Waals surface area contributed by atoms with Crippen LogP contribution in [0.4, 0.5) is 0 Å². The maximum Gasteiger partial charge on any atom is 0.191 e. The Bertz CT molecular complexity index is 494. The standard InChI is InChI=1S/C19H31N3O2/c1-4-20-19(22-13-18-6-5-11-23-18)21-12-16-7-9-17(10-8-16)14-24-15(2)3/h7-10,15,18H,4-6,11-14H2,1-3H3,(H2,20,21,22). The lowest BCUT2D eigenvalue weighted by molar-refractivity contribution is 0.0657. The van der Waals surface area contributed by atoms with Crippen molar-refractivity contribution in [1.82, 2.24) is 10.6 Å². The van der Waals surface area contributed by atoms with Crippen LogP contribution in [0.5, 0.6) is 0 Å². The molecule has 1 heterocycles. The average Bonchev–Trinajstić information content (AvgIpc) is 3.10. The number of hydrogen-bond donors (Lipinski definition) is 2. The van der Waals surface area contributed by atoms with Gasteiger partial charge in [-0.25, -0.2) is 4.99 Å². The van der Waals surface area contributed by atoms with E-state index in [9.17, 15) is 0 Å². The van der Waals surface area contributed by atoms with Crippen LogP contribution in [0.3, 0.4) is 0 Å². The van der Waals surface area contributed by atoms with E-state index in [0.29, 0.717) is 19.3 Å². The molecule has 0 aromatic heterocycles. The third-order valence-electron chi connectivity index (χ3n) is 3.89. The predicted octanol–water partition coefficient (Wildman–Crippen LogP) is 2.85. The van der Waals surface area contributed by atoms with Crippen LogP contribution < -0.4 is 10.6 Å². The summed E-state index contributed by atoms with van der Waals surface area (Å²) in [6, 6.07) is 8.46. The molecular weight excluding hydrogens is 302 g/mol. The van der Waals surface area contributed by atoms with Crippen molar-refractivity contribution in [2.75, 3.05) is 19.7 Å². The number of nitrogens with zero attached hydrogens (tertiary/aromatic N) is 1. The Hall–Kier alpha value is -1.59. The lowest BCUT2D eigenvalue weighted by Crippen LogP contribution is -2.41. The Labute approximate surface area is 145 Å². The molecule has 1 aromatic rings. The first-order chi connectivity index (χ1) is 11.7. The van der Waals surface area contributed by atoms with Gasteiger partial charge in [0.15, 0.2) is 5.96 Å². The highest BCUT2D eigenvalue weighted by atomic mass is 16.5. The molecule has 5 heteroatoms. The number of nitrogens with one attached hydrogen (secondary N) is 2. The molecule has 24 heavy (non-hydrogen) atoms. The molecule has 2 rings (SSSR count). The van der Waals surface area contributed by atoms with Gasteiger partial charge in [0.2, 0.25) is 0 Å². The Kier molecular flexibility index (Phi) is 8.05. The second kappa shape index (κ2) is 10.3. The normalized spacial score (nSPS) is 18.2. The summed E-state index contributed by atoms with van der Waals surface area (Å²) in [5.41, 5.74) is 2.39. The molecular formula is C19H31N3O2. The largest absolute Gasteiger partial charge is 0.376 e. The first kappa shape index (κ1) is 18.7. The van der Waals surface area contributed by atoms with Crippen LogP contribution >= 0.6 is 0 Å². The molecule has 1 unspecified atom stereocenters. The molecule has 0 spiro atoms. The summed E-state index contributed by atoms with van der Waals surface area (Å²) < 4.78 is 11.3. The molecule has 0 amide bonds. The summed E-state index contributed by atoms with van der Waals surface area (Å²) in [4.78, 5) is 4.66. The topological polar surface area (TPSA) is 54.9 Å². The van der Waals surface area contributed by atoms with E-state index in [1.807, 2.05) is 0 Å². The van der Waals surface area contributed by atoms with Crippen molar-refractivity contribution in [2.24, 2.45) is 4.99 Å². The van der Waals surface area contributed by atoms with E-state index in [1.54, 1.807) is 0 Å². The molecule has 1 aromatic carbocycles. The number of ether oxygens (including phenoxy) is 2. The molecule has 1 aliphatic heterocycles. The SMILES string of the molecule is CCNC(=NCc1ccc(COC(C)C)cc1)NCC1CCCO1. The Morgan fingerprint density at radius 1 is 1.25 bits per heavy atom. The monoisotopic (exact) mass is 333 g/mol.